The van der Waals surface area contributed by atoms with Crippen molar-refractivity contribution >= 4 is 40.1 Å². The van der Waals surface area contributed by atoms with E-state index in [4.69, 9.17) is 13.9 Å². The van der Waals surface area contributed by atoms with Crippen LogP contribution in [0.5, 0.6) is 11.5 Å². The summed E-state index contributed by atoms with van der Waals surface area (Å²) in [4.78, 5) is 45.4. The Hall–Kier alpha value is -4.66. The maximum atomic E-state index is 13.7. The van der Waals surface area contributed by atoms with E-state index in [1.165, 1.54) is 25.6 Å². The van der Waals surface area contributed by atoms with E-state index >= 15 is 0 Å². The van der Waals surface area contributed by atoms with Gasteiger partial charge in [0.2, 0.25) is 5.91 Å². The van der Waals surface area contributed by atoms with Gasteiger partial charge < -0.3 is 23.7 Å². The quantitative estimate of drug-likeness (QED) is 0.374. The summed E-state index contributed by atoms with van der Waals surface area (Å²) in [5, 5.41) is 0.544. The van der Waals surface area contributed by atoms with Crippen LogP contribution in [0, 0.1) is 0 Å². The van der Waals surface area contributed by atoms with Gasteiger partial charge in [-0.25, -0.2) is 4.79 Å². The molecule has 0 N–H and O–H groups in total. The van der Waals surface area contributed by atoms with Crippen LogP contribution >= 0.6 is 0 Å². The van der Waals surface area contributed by atoms with Crippen molar-refractivity contribution in [1.29, 1.82) is 0 Å². The number of rotatable bonds is 5. The smallest absolute Gasteiger partial charge is 0.342 e. The van der Waals surface area contributed by atoms with Gasteiger partial charge in [0, 0.05) is 37.8 Å². The topological polar surface area (TPSA) is 102 Å². The van der Waals surface area contributed by atoms with E-state index in [0.29, 0.717) is 52.5 Å². The number of carbonyl (C=O) groups is 3. The highest BCUT2D eigenvalue weighted by molar-refractivity contribution is 6.11. The van der Waals surface area contributed by atoms with Crippen molar-refractivity contribution in [1.82, 2.24) is 4.98 Å². The number of esters is 1. The Morgan fingerprint density at radius 2 is 1.75 bits per heavy atom. The molecule has 2 aromatic carbocycles. The first-order chi connectivity index (χ1) is 17.5. The fraction of sp³-hybridized carbons (Fsp3) is 0.185. The van der Waals surface area contributed by atoms with Gasteiger partial charge >= 0.3 is 5.97 Å². The third-order valence-electron chi connectivity index (χ3n) is 5.92. The normalized spacial score (nSPS) is 12.8. The van der Waals surface area contributed by atoms with E-state index in [-0.39, 0.29) is 24.0 Å². The second-order valence-corrected chi connectivity index (χ2v) is 8.12. The molecule has 1 aliphatic heterocycles. The lowest BCUT2D eigenvalue weighted by atomic mass is 10.1. The molecule has 0 fully saturated rings. The van der Waals surface area contributed by atoms with Gasteiger partial charge in [0.1, 0.15) is 34.5 Å². The lowest BCUT2D eigenvalue weighted by Crippen LogP contribution is -2.45. The Labute approximate surface area is 206 Å². The average Bonchev–Trinajstić information content (AvgIpc) is 3.31. The molecule has 9 heteroatoms. The number of ether oxygens (including phenoxy) is 2. The lowest BCUT2D eigenvalue weighted by Gasteiger charge is -2.36. The standard InChI is InChI=1S/C27H23N3O6/c1-3-34-27(33)21-16-35-24-9-8-18(14-19(21)24)36-25-10-11-28-15-20(25)26(32)30-13-12-29(17(2)31)22-6-4-5-7-23(22)30/h4-11,14-16H,3,12-13H2,1-2H3. The molecular weight excluding hydrogens is 462 g/mol. The molecular formula is C27H23N3O6. The zero-order chi connectivity index (χ0) is 25.2. The molecule has 5 rings (SSSR count). The predicted octanol–water partition coefficient (Wildman–Crippen LogP) is 4.81. The molecule has 2 amide bonds. The van der Waals surface area contributed by atoms with Crippen molar-refractivity contribution in [3.63, 3.8) is 0 Å². The summed E-state index contributed by atoms with van der Waals surface area (Å²) < 4.78 is 16.7. The molecule has 0 unspecified atom stereocenters. The van der Waals surface area contributed by atoms with Crippen LogP contribution in [0.4, 0.5) is 11.4 Å². The van der Waals surface area contributed by atoms with Crippen LogP contribution < -0.4 is 14.5 Å². The van der Waals surface area contributed by atoms with Crippen LogP contribution in [0.3, 0.4) is 0 Å². The Kier molecular flexibility index (Phi) is 6.12. The number of pyridine rings is 1. The molecule has 36 heavy (non-hydrogen) atoms. The summed E-state index contributed by atoms with van der Waals surface area (Å²) in [5.41, 5.74) is 2.38. The molecule has 0 saturated carbocycles. The lowest BCUT2D eigenvalue weighted by molar-refractivity contribution is -0.116. The zero-order valence-corrected chi connectivity index (χ0v) is 19.8. The van der Waals surface area contributed by atoms with E-state index in [9.17, 15) is 14.4 Å². The molecule has 182 valence electrons. The SMILES string of the molecule is CCOC(=O)c1coc2ccc(Oc3ccncc3C(=O)N3CCN(C(C)=O)c4ccccc43)cc12. The van der Waals surface area contributed by atoms with Crippen LogP contribution in [-0.2, 0) is 9.53 Å². The first-order valence-corrected chi connectivity index (χ1v) is 11.5. The summed E-state index contributed by atoms with van der Waals surface area (Å²) in [6, 6.07) is 13.9. The number of hydrogen-bond donors (Lipinski definition) is 0. The van der Waals surface area contributed by atoms with E-state index in [0.717, 1.165) is 0 Å². The van der Waals surface area contributed by atoms with Crippen molar-refractivity contribution in [2.45, 2.75) is 13.8 Å². The molecule has 0 saturated heterocycles. The van der Waals surface area contributed by atoms with Gasteiger partial charge in [-0.15, -0.1) is 0 Å². The van der Waals surface area contributed by atoms with Crippen molar-refractivity contribution in [3.05, 3.63) is 78.3 Å². The van der Waals surface area contributed by atoms with Crippen LogP contribution in [0.1, 0.15) is 34.6 Å². The van der Waals surface area contributed by atoms with Gasteiger partial charge in [-0.2, -0.15) is 0 Å². The summed E-state index contributed by atoms with van der Waals surface area (Å²) in [6.45, 7) is 4.19. The first-order valence-electron chi connectivity index (χ1n) is 11.5. The highest BCUT2D eigenvalue weighted by Crippen LogP contribution is 2.36. The second kappa shape index (κ2) is 9.53. The largest absolute Gasteiger partial charge is 0.463 e. The summed E-state index contributed by atoms with van der Waals surface area (Å²) in [5.74, 6) is -0.155. The van der Waals surface area contributed by atoms with Gasteiger partial charge in [0.25, 0.3) is 5.91 Å². The number of para-hydroxylation sites is 2. The molecule has 0 spiro atoms. The molecule has 1 aliphatic rings. The molecule has 0 radical (unpaired) electrons. The number of carbonyl (C=O) groups excluding carboxylic acids is 3. The van der Waals surface area contributed by atoms with Gasteiger partial charge in [-0.1, -0.05) is 12.1 Å². The van der Waals surface area contributed by atoms with Gasteiger partial charge in [0.15, 0.2) is 0 Å². The summed E-state index contributed by atoms with van der Waals surface area (Å²) in [7, 11) is 0. The monoisotopic (exact) mass is 485 g/mol. The average molecular weight is 485 g/mol. The number of amides is 2. The minimum absolute atomic E-state index is 0.0863. The van der Waals surface area contributed by atoms with Gasteiger partial charge in [-0.3, -0.25) is 14.6 Å². The number of aromatic nitrogens is 1. The Bertz CT molecular complexity index is 1480. The summed E-state index contributed by atoms with van der Waals surface area (Å²) in [6.07, 6.45) is 4.35. The van der Waals surface area contributed by atoms with E-state index in [1.54, 1.807) is 41.0 Å². The van der Waals surface area contributed by atoms with Crippen molar-refractivity contribution in [2.24, 2.45) is 0 Å². The fourth-order valence-electron chi connectivity index (χ4n) is 4.24. The van der Waals surface area contributed by atoms with Crippen molar-refractivity contribution < 1.29 is 28.3 Å². The third-order valence-corrected chi connectivity index (χ3v) is 5.92. The number of benzene rings is 2. The second-order valence-electron chi connectivity index (χ2n) is 8.12. The van der Waals surface area contributed by atoms with Crippen LogP contribution in [0.15, 0.2) is 71.6 Å². The van der Waals surface area contributed by atoms with Gasteiger partial charge in [0.05, 0.1) is 18.0 Å². The minimum atomic E-state index is -0.489. The molecule has 2 aromatic heterocycles. The third kappa shape index (κ3) is 4.15. The molecule has 0 aliphatic carbocycles. The number of nitrogens with zero attached hydrogens (tertiary/aromatic N) is 3. The number of fused-ring (bicyclic) bond motifs is 2. The Balaban J connectivity index is 1.47. The van der Waals surface area contributed by atoms with Gasteiger partial charge in [-0.05, 0) is 43.3 Å². The Morgan fingerprint density at radius 3 is 2.50 bits per heavy atom. The molecule has 0 bridgehead atoms. The number of hydrogen-bond acceptors (Lipinski definition) is 7. The minimum Gasteiger partial charge on any atom is -0.463 e. The van der Waals surface area contributed by atoms with E-state index < -0.39 is 5.97 Å². The fourth-order valence-corrected chi connectivity index (χ4v) is 4.24. The predicted molar refractivity (Wildman–Crippen MR) is 133 cm³/mol. The maximum Gasteiger partial charge on any atom is 0.342 e. The van der Waals surface area contributed by atoms with Crippen LogP contribution in [0.25, 0.3) is 11.0 Å². The van der Waals surface area contributed by atoms with E-state index in [2.05, 4.69) is 4.98 Å². The van der Waals surface area contributed by atoms with E-state index in [1.807, 2.05) is 24.3 Å². The highest BCUT2D eigenvalue weighted by atomic mass is 16.5. The highest BCUT2D eigenvalue weighted by Gasteiger charge is 2.30. The zero-order valence-electron chi connectivity index (χ0n) is 19.8. The first kappa shape index (κ1) is 23.1. The number of anilines is 2. The molecule has 4 aromatic rings. The Morgan fingerprint density at radius 1 is 1.00 bits per heavy atom. The molecule has 0 atom stereocenters. The summed E-state index contributed by atoms with van der Waals surface area (Å²) >= 11 is 0. The maximum absolute atomic E-state index is 13.7. The van der Waals surface area contributed by atoms with Crippen molar-refractivity contribution in [2.75, 3.05) is 29.5 Å². The number of furan rings is 1. The molecule has 3 heterocycles. The molecule has 9 nitrogen and oxygen atoms in total. The van der Waals surface area contributed by atoms with Crippen LogP contribution in [0.2, 0.25) is 0 Å². The van der Waals surface area contributed by atoms with Crippen LogP contribution in [-0.4, -0.2) is 42.5 Å². The van der Waals surface area contributed by atoms with Crippen molar-refractivity contribution in [3.8, 4) is 11.5 Å².